The Labute approximate surface area is 173 Å². The molecule has 156 valence electrons. The molecule has 5 rings (SSSR count). The van der Waals surface area contributed by atoms with Gasteiger partial charge in [-0.3, -0.25) is 9.59 Å². The fraction of sp³-hybridized carbons (Fsp3) is 0.391. The fourth-order valence-corrected chi connectivity index (χ4v) is 4.96. The molecule has 3 fully saturated rings. The van der Waals surface area contributed by atoms with Crippen molar-refractivity contribution in [1.82, 2.24) is 9.80 Å². The number of ether oxygens (including phenoxy) is 1. The standard InChI is InChI=1S/C23H22F2N2O3/c24-17-8-4-7-16(20(17)25)21(28)26-13-11-23(12-14-26)22(29)27-18(9-10-19(27)30-23)15-5-2-1-3-6-15/h1-8,18-19H,9-14H2. The van der Waals surface area contributed by atoms with Crippen LogP contribution in [-0.4, -0.2) is 46.5 Å². The van der Waals surface area contributed by atoms with E-state index in [0.717, 1.165) is 24.5 Å². The second-order valence-electron chi connectivity index (χ2n) is 8.18. The molecular weight excluding hydrogens is 390 g/mol. The number of carbonyl (C=O) groups is 2. The summed E-state index contributed by atoms with van der Waals surface area (Å²) in [5.74, 6) is -2.77. The van der Waals surface area contributed by atoms with E-state index in [1.807, 2.05) is 35.2 Å². The van der Waals surface area contributed by atoms with Crippen LogP contribution in [0, 0.1) is 11.6 Å². The fourth-order valence-electron chi connectivity index (χ4n) is 4.96. The van der Waals surface area contributed by atoms with Crippen molar-refractivity contribution in [3.63, 3.8) is 0 Å². The Bertz CT molecular complexity index is 989. The molecule has 7 heteroatoms. The number of rotatable bonds is 2. The Kier molecular flexibility index (Phi) is 4.58. The SMILES string of the molecule is O=C(c1cccc(F)c1F)N1CCC2(CC1)OC1CCC(c3ccccc3)N1C2=O. The number of likely N-dealkylation sites (tertiary alicyclic amines) is 1. The van der Waals surface area contributed by atoms with Crippen molar-refractivity contribution < 1.29 is 23.1 Å². The molecule has 3 aliphatic heterocycles. The van der Waals surface area contributed by atoms with Crippen molar-refractivity contribution in [1.29, 1.82) is 0 Å². The lowest BCUT2D eigenvalue weighted by Crippen LogP contribution is -2.51. The summed E-state index contributed by atoms with van der Waals surface area (Å²) in [6.07, 6.45) is 2.10. The van der Waals surface area contributed by atoms with Gasteiger partial charge in [0, 0.05) is 25.9 Å². The van der Waals surface area contributed by atoms with Gasteiger partial charge in [0.25, 0.3) is 11.8 Å². The second kappa shape index (κ2) is 7.16. The first kappa shape index (κ1) is 19.2. The van der Waals surface area contributed by atoms with Gasteiger partial charge >= 0.3 is 0 Å². The molecule has 2 unspecified atom stereocenters. The molecule has 3 aliphatic rings. The first-order chi connectivity index (χ1) is 14.5. The van der Waals surface area contributed by atoms with E-state index < -0.39 is 23.1 Å². The lowest BCUT2D eigenvalue weighted by atomic mass is 9.89. The van der Waals surface area contributed by atoms with Gasteiger partial charge in [-0.05, 0) is 30.5 Å². The third-order valence-corrected chi connectivity index (χ3v) is 6.54. The number of fused-ring (bicyclic) bond motifs is 1. The van der Waals surface area contributed by atoms with Gasteiger partial charge in [-0.25, -0.2) is 8.78 Å². The maximum Gasteiger partial charge on any atom is 0.257 e. The van der Waals surface area contributed by atoms with Gasteiger partial charge in [-0.1, -0.05) is 36.4 Å². The monoisotopic (exact) mass is 412 g/mol. The van der Waals surface area contributed by atoms with Crippen LogP contribution in [0.15, 0.2) is 48.5 Å². The summed E-state index contributed by atoms with van der Waals surface area (Å²) < 4.78 is 33.8. The van der Waals surface area contributed by atoms with Crippen LogP contribution in [0.25, 0.3) is 0 Å². The number of hydrogen-bond acceptors (Lipinski definition) is 3. The zero-order chi connectivity index (χ0) is 20.9. The molecule has 5 nitrogen and oxygen atoms in total. The Hall–Kier alpha value is -2.80. The van der Waals surface area contributed by atoms with Gasteiger partial charge < -0.3 is 14.5 Å². The minimum atomic E-state index is -1.14. The van der Waals surface area contributed by atoms with Crippen LogP contribution in [0.3, 0.4) is 0 Å². The molecule has 1 spiro atoms. The van der Waals surface area contributed by atoms with Crippen LogP contribution in [0.4, 0.5) is 8.78 Å². The van der Waals surface area contributed by atoms with E-state index in [4.69, 9.17) is 4.74 Å². The smallest absolute Gasteiger partial charge is 0.257 e. The van der Waals surface area contributed by atoms with Crippen LogP contribution < -0.4 is 0 Å². The van der Waals surface area contributed by atoms with Crippen molar-refractivity contribution in [3.05, 3.63) is 71.3 Å². The Morgan fingerprint density at radius 1 is 1.00 bits per heavy atom. The molecule has 0 aromatic heterocycles. The van der Waals surface area contributed by atoms with Crippen LogP contribution in [-0.2, 0) is 9.53 Å². The highest BCUT2D eigenvalue weighted by atomic mass is 19.2. The summed E-state index contributed by atoms with van der Waals surface area (Å²) in [4.78, 5) is 29.4. The summed E-state index contributed by atoms with van der Waals surface area (Å²) in [5.41, 5.74) is -0.118. The quantitative estimate of drug-likeness (QED) is 0.757. The van der Waals surface area contributed by atoms with E-state index in [1.54, 1.807) is 0 Å². The number of halogens is 2. The largest absolute Gasteiger partial charge is 0.342 e. The number of nitrogens with zero attached hydrogens (tertiary/aromatic N) is 2. The lowest BCUT2D eigenvalue weighted by molar-refractivity contribution is -0.142. The predicted octanol–water partition coefficient (Wildman–Crippen LogP) is 3.66. The maximum absolute atomic E-state index is 14.0. The van der Waals surface area contributed by atoms with Crippen molar-refractivity contribution >= 4 is 11.8 Å². The zero-order valence-corrected chi connectivity index (χ0v) is 16.4. The topological polar surface area (TPSA) is 49.9 Å². The van der Waals surface area contributed by atoms with Gasteiger partial charge in [0.15, 0.2) is 17.2 Å². The van der Waals surface area contributed by atoms with Crippen molar-refractivity contribution in [2.75, 3.05) is 13.1 Å². The molecule has 0 N–H and O–H groups in total. The molecule has 2 aromatic rings. The first-order valence-electron chi connectivity index (χ1n) is 10.3. The van der Waals surface area contributed by atoms with Crippen molar-refractivity contribution in [2.24, 2.45) is 0 Å². The van der Waals surface area contributed by atoms with E-state index in [-0.39, 0.29) is 36.8 Å². The molecule has 2 atom stereocenters. The Morgan fingerprint density at radius 2 is 1.73 bits per heavy atom. The number of piperidine rings is 1. The average Bonchev–Trinajstić information content (AvgIpc) is 3.29. The molecule has 3 heterocycles. The molecule has 2 amide bonds. The molecular formula is C23H22F2N2O3. The number of amides is 2. The lowest BCUT2D eigenvalue weighted by Gasteiger charge is -2.37. The summed E-state index contributed by atoms with van der Waals surface area (Å²) in [5, 5.41) is 0. The summed E-state index contributed by atoms with van der Waals surface area (Å²) in [6, 6.07) is 13.5. The minimum absolute atomic E-state index is 0.00382. The Morgan fingerprint density at radius 3 is 2.47 bits per heavy atom. The summed E-state index contributed by atoms with van der Waals surface area (Å²) in [6.45, 7) is 0.522. The number of carbonyl (C=O) groups excluding carboxylic acids is 2. The molecule has 0 radical (unpaired) electrons. The van der Waals surface area contributed by atoms with Crippen LogP contribution >= 0.6 is 0 Å². The highest BCUT2D eigenvalue weighted by Crippen LogP contribution is 2.47. The predicted molar refractivity (Wildman–Crippen MR) is 104 cm³/mol. The summed E-state index contributed by atoms with van der Waals surface area (Å²) >= 11 is 0. The van der Waals surface area contributed by atoms with Crippen molar-refractivity contribution in [2.45, 2.75) is 43.6 Å². The van der Waals surface area contributed by atoms with Gasteiger partial charge in [0.05, 0.1) is 11.6 Å². The zero-order valence-electron chi connectivity index (χ0n) is 16.4. The summed E-state index contributed by atoms with van der Waals surface area (Å²) in [7, 11) is 0. The first-order valence-corrected chi connectivity index (χ1v) is 10.3. The maximum atomic E-state index is 14.0. The minimum Gasteiger partial charge on any atom is -0.342 e. The van der Waals surface area contributed by atoms with Crippen LogP contribution in [0.5, 0.6) is 0 Å². The third-order valence-electron chi connectivity index (χ3n) is 6.54. The van der Waals surface area contributed by atoms with Gasteiger partial charge in [0.2, 0.25) is 0 Å². The molecule has 0 bridgehead atoms. The molecule has 3 saturated heterocycles. The van der Waals surface area contributed by atoms with Gasteiger partial charge in [-0.2, -0.15) is 0 Å². The third kappa shape index (κ3) is 2.91. The van der Waals surface area contributed by atoms with Crippen LogP contribution in [0.2, 0.25) is 0 Å². The highest BCUT2D eigenvalue weighted by molar-refractivity contribution is 5.95. The van der Waals surface area contributed by atoms with Crippen molar-refractivity contribution in [3.8, 4) is 0 Å². The molecule has 2 aromatic carbocycles. The molecule has 0 aliphatic carbocycles. The van der Waals surface area contributed by atoms with Crippen LogP contribution in [0.1, 0.15) is 47.6 Å². The Balaban J connectivity index is 1.31. The van der Waals surface area contributed by atoms with E-state index in [2.05, 4.69) is 0 Å². The molecule has 30 heavy (non-hydrogen) atoms. The average molecular weight is 412 g/mol. The number of hydrogen-bond donors (Lipinski definition) is 0. The van der Waals surface area contributed by atoms with E-state index in [9.17, 15) is 18.4 Å². The molecule has 0 saturated carbocycles. The highest BCUT2D eigenvalue weighted by Gasteiger charge is 2.58. The normalized spacial score (nSPS) is 25.1. The number of benzene rings is 2. The van der Waals surface area contributed by atoms with E-state index in [1.165, 1.54) is 17.0 Å². The van der Waals surface area contributed by atoms with E-state index in [0.29, 0.717) is 12.8 Å². The van der Waals surface area contributed by atoms with E-state index >= 15 is 0 Å². The second-order valence-corrected chi connectivity index (χ2v) is 8.18. The van der Waals surface area contributed by atoms with Gasteiger partial charge in [-0.15, -0.1) is 0 Å². The van der Waals surface area contributed by atoms with Gasteiger partial charge in [0.1, 0.15) is 6.23 Å².